The van der Waals surface area contributed by atoms with Crippen molar-refractivity contribution >= 4 is 16.6 Å². The third-order valence-corrected chi connectivity index (χ3v) is 4.08. The largest absolute Gasteiger partial charge is 0.496 e. The molecule has 3 nitrogen and oxygen atoms in total. The van der Waals surface area contributed by atoms with Crippen molar-refractivity contribution in [3.05, 3.63) is 30.5 Å². The van der Waals surface area contributed by atoms with Crippen molar-refractivity contribution in [1.29, 1.82) is 0 Å². The quantitative estimate of drug-likeness (QED) is 0.837. The van der Waals surface area contributed by atoms with Crippen LogP contribution in [0.5, 0.6) is 5.75 Å². The van der Waals surface area contributed by atoms with Gasteiger partial charge in [-0.1, -0.05) is 0 Å². The molecule has 0 spiro atoms. The van der Waals surface area contributed by atoms with Gasteiger partial charge >= 0.3 is 0 Å². The van der Waals surface area contributed by atoms with E-state index in [1.165, 1.54) is 0 Å². The molecule has 1 fully saturated rings. The molecule has 1 aliphatic heterocycles. The second kappa shape index (κ2) is 4.93. The lowest BCUT2D eigenvalue weighted by molar-refractivity contribution is 0.149. The van der Waals surface area contributed by atoms with Gasteiger partial charge in [0.25, 0.3) is 0 Å². The lowest BCUT2D eigenvalue weighted by atomic mass is 9.95. The maximum atomic E-state index is 13.9. The number of fused-ring (bicyclic) bond motifs is 1. The number of anilines is 1. The minimum atomic E-state index is -1.02. The van der Waals surface area contributed by atoms with Gasteiger partial charge in [0, 0.05) is 30.4 Å². The molecule has 4 heteroatoms. The van der Waals surface area contributed by atoms with Crippen LogP contribution in [0.1, 0.15) is 19.8 Å². The van der Waals surface area contributed by atoms with E-state index in [9.17, 15) is 4.39 Å². The Kier molecular flexibility index (Phi) is 3.24. The van der Waals surface area contributed by atoms with Gasteiger partial charge in [0.15, 0.2) is 0 Å². The summed E-state index contributed by atoms with van der Waals surface area (Å²) in [5.74, 6) is 0.823. The van der Waals surface area contributed by atoms with E-state index in [1.54, 1.807) is 20.2 Å². The molecular weight excluding hydrogens is 255 g/mol. The third-order valence-electron chi connectivity index (χ3n) is 4.08. The number of methoxy groups -OCH3 is 1. The highest BCUT2D eigenvalue weighted by atomic mass is 19.1. The lowest BCUT2D eigenvalue weighted by Gasteiger charge is -2.35. The molecule has 20 heavy (non-hydrogen) atoms. The minimum absolute atomic E-state index is 0.579. The molecule has 1 saturated heterocycles. The van der Waals surface area contributed by atoms with Crippen molar-refractivity contribution in [2.75, 3.05) is 25.1 Å². The van der Waals surface area contributed by atoms with Crippen LogP contribution < -0.4 is 9.64 Å². The molecule has 0 N–H and O–H groups in total. The fourth-order valence-corrected chi connectivity index (χ4v) is 2.71. The fraction of sp³-hybridized carbons (Fsp3) is 0.438. The lowest BCUT2D eigenvalue weighted by Crippen LogP contribution is -2.40. The summed E-state index contributed by atoms with van der Waals surface area (Å²) in [7, 11) is 1.66. The molecule has 3 rings (SSSR count). The molecule has 0 unspecified atom stereocenters. The van der Waals surface area contributed by atoms with Crippen molar-refractivity contribution in [3.8, 4) is 5.75 Å². The Labute approximate surface area is 118 Å². The van der Waals surface area contributed by atoms with Crippen LogP contribution in [-0.4, -0.2) is 30.9 Å². The van der Waals surface area contributed by atoms with Crippen molar-refractivity contribution < 1.29 is 9.13 Å². The summed E-state index contributed by atoms with van der Waals surface area (Å²) in [5, 5.41) is 1.00. The molecule has 1 aromatic heterocycles. The molecule has 0 radical (unpaired) electrons. The van der Waals surface area contributed by atoms with E-state index in [1.807, 2.05) is 12.1 Å². The van der Waals surface area contributed by atoms with Gasteiger partial charge in [0.1, 0.15) is 11.4 Å². The van der Waals surface area contributed by atoms with Gasteiger partial charge in [-0.2, -0.15) is 0 Å². The van der Waals surface area contributed by atoms with E-state index >= 15 is 0 Å². The standard InChI is InChI=1S/C16H19FN2O/c1-16(17)6-9-19(10-7-16)12-3-4-14-13(11-12)15(20-2)5-8-18-14/h3-5,8,11H,6-7,9-10H2,1-2H3. The Bertz CT molecular complexity index is 617. The van der Waals surface area contributed by atoms with Gasteiger partial charge in [-0.15, -0.1) is 0 Å². The van der Waals surface area contributed by atoms with Crippen LogP contribution >= 0.6 is 0 Å². The second-order valence-corrected chi connectivity index (χ2v) is 5.62. The first-order valence-electron chi connectivity index (χ1n) is 6.96. The Morgan fingerprint density at radius 2 is 2.00 bits per heavy atom. The second-order valence-electron chi connectivity index (χ2n) is 5.62. The van der Waals surface area contributed by atoms with E-state index in [-0.39, 0.29) is 0 Å². The summed E-state index contributed by atoms with van der Waals surface area (Å²) in [4.78, 5) is 6.57. The fourth-order valence-electron chi connectivity index (χ4n) is 2.71. The first kappa shape index (κ1) is 13.2. The highest BCUT2D eigenvalue weighted by molar-refractivity contribution is 5.88. The molecule has 0 atom stereocenters. The van der Waals surface area contributed by atoms with E-state index < -0.39 is 5.67 Å². The highest BCUT2D eigenvalue weighted by Crippen LogP contribution is 2.32. The van der Waals surface area contributed by atoms with Gasteiger partial charge in [-0.05, 0) is 44.0 Å². The number of piperidine rings is 1. The number of ether oxygens (including phenoxy) is 1. The summed E-state index contributed by atoms with van der Waals surface area (Å²) < 4.78 is 19.3. The van der Waals surface area contributed by atoms with E-state index in [2.05, 4.69) is 22.0 Å². The third kappa shape index (κ3) is 2.42. The molecule has 1 aliphatic rings. The number of pyridine rings is 1. The topological polar surface area (TPSA) is 25.4 Å². The van der Waals surface area contributed by atoms with Crippen LogP contribution in [0.3, 0.4) is 0 Å². The Balaban J connectivity index is 1.93. The van der Waals surface area contributed by atoms with Gasteiger partial charge in [-0.25, -0.2) is 4.39 Å². The van der Waals surface area contributed by atoms with Crippen LogP contribution in [0.25, 0.3) is 10.9 Å². The first-order valence-corrected chi connectivity index (χ1v) is 6.96. The normalized spacial score (nSPS) is 18.2. The number of benzene rings is 1. The molecular formula is C16H19FN2O. The molecule has 2 aromatic rings. The van der Waals surface area contributed by atoms with Gasteiger partial charge in [0.2, 0.25) is 0 Å². The summed E-state index contributed by atoms with van der Waals surface area (Å²) in [5.41, 5.74) is 1.01. The molecule has 0 saturated carbocycles. The molecule has 0 aliphatic carbocycles. The summed E-state index contributed by atoms with van der Waals surface area (Å²) in [6.45, 7) is 3.19. The summed E-state index contributed by atoms with van der Waals surface area (Å²) >= 11 is 0. The number of hydrogen-bond donors (Lipinski definition) is 0. The summed E-state index contributed by atoms with van der Waals surface area (Å²) in [6.07, 6.45) is 2.90. The maximum absolute atomic E-state index is 13.9. The highest BCUT2D eigenvalue weighted by Gasteiger charge is 2.29. The number of halogens is 1. The summed E-state index contributed by atoms with van der Waals surface area (Å²) in [6, 6.07) is 8.00. The predicted octanol–water partition coefficient (Wildman–Crippen LogP) is 3.57. The van der Waals surface area contributed by atoms with Crippen molar-refractivity contribution in [2.24, 2.45) is 0 Å². The van der Waals surface area contributed by atoms with E-state index in [0.29, 0.717) is 12.8 Å². The molecule has 2 heterocycles. The van der Waals surface area contributed by atoms with Gasteiger partial charge in [0.05, 0.1) is 12.6 Å². The number of alkyl halides is 1. The Morgan fingerprint density at radius 1 is 1.25 bits per heavy atom. The SMILES string of the molecule is COc1ccnc2ccc(N3CCC(C)(F)CC3)cc12. The van der Waals surface area contributed by atoms with Crippen molar-refractivity contribution in [1.82, 2.24) is 4.98 Å². The number of nitrogens with zero attached hydrogens (tertiary/aromatic N) is 2. The van der Waals surface area contributed by atoms with Crippen LogP contribution in [0.4, 0.5) is 10.1 Å². The zero-order valence-electron chi connectivity index (χ0n) is 11.9. The molecule has 0 amide bonds. The maximum Gasteiger partial charge on any atom is 0.129 e. The number of hydrogen-bond acceptors (Lipinski definition) is 3. The van der Waals surface area contributed by atoms with Crippen LogP contribution in [0.2, 0.25) is 0 Å². The average molecular weight is 274 g/mol. The smallest absolute Gasteiger partial charge is 0.129 e. The van der Waals surface area contributed by atoms with Crippen LogP contribution in [0, 0.1) is 0 Å². The van der Waals surface area contributed by atoms with Crippen molar-refractivity contribution in [2.45, 2.75) is 25.4 Å². The zero-order valence-corrected chi connectivity index (χ0v) is 11.9. The molecule has 0 bridgehead atoms. The average Bonchev–Trinajstić information content (AvgIpc) is 2.46. The zero-order chi connectivity index (χ0) is 14.2. The Hall–Kier alpha value is -1.84. The minimum Gasteiger partial charge on any atom is -0.496 e. The molecule has 106 valence electrons. The van der Waals surface area contributed by atoms with E-state index in [4.69, 9.17) is 4.74 Å². The van der Waals surface area contributed by atoms with Crippen LogP contribution in [-0.2, 0) is 0 Å². The van der Waals surface area contributed by atoms with Crippen LogP contribution in [0.15, 0.2) is 30.5 Å². The van der Waals surface area contributed by atoms with E-state index in [0.717, 1.165) is 35.4 Å². The number of rotatable bonds is 2. The number of aromatic nitrogens is 1. The molecule has 1 aromatic carbocycles. The van der Waals surface area contributed by atoms with Gasteiger partial charge < -0.3 is 9.64 Å². The predicted molar refractivity (Wildman–Crippen MR) is 79.3 cm³/mol. The van der Waals surface area contributed by atoms with Gasteiger partial charge in [-0.3, -0.25) is 4.98 Å². The first-order chi connectivity index (χ1) is 9.59. The Morgan fingerprint density at radius 3 is 2.70 bits per heavy atom. The van der Waals surface area contributed by atoms with Crippen molar-refractivity contribution in [3.63, 3.8) is 0 Å². The monoisotopic (exact) mass is 274 g/mol.